The highest BCUT2D eigenvalue weighted by Gasteiger charge is 2.39. The third-order valence-corrected chi connectivity index (χ3v) is 5.71. The van der Waals surface area contributed by atoms with Gasteiger partial charge in [0.2, 0.25) is 0 Å². The highest BCUT2D eigenvalue weighted by molar-refractivity contribution is 7.12. The molecule has 0 aliphatic carbocycles. The summed E-state index contributed by atoms with van der Waals surface area (Å²) in [6.45, 7) is 8.38. The van der Waals surface area contributed by atoms with Crippen LogP contribution in [0.4, 0.5) is 0 Å². The Bertz CT molecular complexity index is 488. The predicted molar refractivity (Wildman–Crippen MR) is 83.5 cm³/mol. The van der Waals surface area contributed by atoms with Gasteiger partial charge in [-0.1, -0.05) is 13.8 Å². The van der Waals surface area contributed by atoms with Crippen LogP contribution < -0.4 is 5.32 Å². The molecule has 1 N–H and O–H groups in total. The maximum atomic E-state index is 12.8. The Labute approximate surface area is 125 Å². The third-order valence-electron chi connectivity index (χ3n) is 4.79. The molecular formula is C16H24N2OS. The van der Waals surface area contributed by atoms with Crippen LogP contribution in [-0.4, -0.2) is 37.0 Å². The van der Waals surface area contributed by atoms with E-state index < -0.39 is 0 Å². The smallest absolute Gasteiger partial charge is 0.264 e. The van der Waals surface area contributed by atoms with Crippen LogP contribution in [0.3, 0.4) is 0 Å². The van der Waals surface area contributed by atoms with E-state index in [0.717, 1.165) is 37.5 Å². The van der Waals surface area contributed by atoms with Gasteiger partial charge in [0.1, 0.15) is 0 Å². The third kappa shape index (κ3) is 2.51. The molecule has 0 radical (unpaired) electrons. The molecule has 0 bridgehead atoms. The molecule has 1 aromatic rings. The summed E-state index contributed by atoms with van der Waals surface area (Å²) >= 11 is 1.60. The maximum absolute atomic E-state index is 12.8. The van der Waals surface area contributed by atoms with Crippen molar-refractivity contribution < 1.29 is 4.79 Å². The second-order valence-electron chi connectivity index (χ2n) is 6.62. The van der Waals surface area contributed by atoms with Crippen LogP contribution in [0.2, 0.25) is 0 Å². The van der Waals surface area contributed by atoms with Gasteiger partial charge in [-0.25, -0.2) is 0 Å². The van der Waals surface area contributed by atoms with Gasteiger partial charge < -0.3 is 10.2 Å². The van der Waals surface area contributed by atoms with Gasteiger partial charge in [-0.15, -0.1) is 11.3 Å². The first kappa shape index (κ1) is 14.1. The molecule has 0 aromatic carbocycles. The SMILES string of the molecule is CC(C)c1ccsc1C(=O)N1CCCC2(CCNC2)C1. The van der Waals surface area contributed by atoms with Gasteiger partial charge in [0.25, 0.3) is 5.91 Å². The van der Waals surface area contributed by atoms with E-state index in [-0.39, 0.29) is 5.91 Å². The molecule has 2 saturated heterocycles. The fourth-order valence-corrected chi connectivity index (χ4v) is 4.64. The monoisotopic (exact) mass is 292 g/mol. The fraction of sp³-hybridized carbons (Fsp3) is 0.688. The summed E-state index contributed by atoms with van der Waals surface area (Å²) in [7, 11) is 0. The number of nitrogens with zero attached hydrogens (tertiary/aromatic N) is 1. The second-order valence-corrected chi connectivity index (χ2v) is 7.53. The van der Waals surface area contributed by atoms with Gasteiger partial charge in [0, 0.05) is 25.0 Å². The van der Waals surface area contributed by atoms with Gasteiger partial charge in [-0.2, -0.15) is 0 Å². The molecule has 1 spiro atoms. The number of amides is 1. The number of carbonyl (C=O) groups excluding carboxylic acids is 1. The van der Waals surface area contributed by atoms with Crippen molar-refractivity contribution in [2.24, 2.45) is 5.41 Å². The van der Waals surface area contributed by atoms with Crippen molar-refractivity contribution in [2.75, 3.05) is 26.2 Å². The van der Waals surface area contributed by atoms with Crippen molar-refractivity contribution in [3.8, 4) is 0 Å². The van der Waals surface area contributed by atoms with Crippen LogP contribution in [0.15, 0.2) is 11.4 Å². The minimum atomic E-state index is 0.259. The number of thiophene rings is 1. The van der Waals surface area contributed by atoms with E-state index in [9.17, 15) is 4.79 Å². The standard InChI is InChI=1S/C16H24N2OS/c1-12(2)13-4-9-20-14(13)15(19)18-8-3-5-16(11-18)6-7-17-10-16/h4,9,12,17H,3,5-8,10-11H2,1-2H3. The molecule has 2 fully saturated rings. The summed E-state index contributed by atoms with van der Waals surface area (Å²) < 4.78 is 0. The second kappa shape index (κ2) is 5.49. The summed E-state index contributed by atoms with van der Waals surface area (Å²) in [6.07, 6.45) is 3.64. The van der Waals surface area contributed by atoms with Crippen molar-refractivity contribution in [1.29, 1.82) is 0 Å². The van der Waals surface area contributed by atoms with Crippen LogP contribution >= 0.6 is 11.3 Å². The van der Waals surface area contributed by atoms with Crippen LogP contribution in [-0.2, 0) is 0 Å². The fourth-order valence-electron chi connectivity index (χ4n) is 3.62. The molecule has 1 unspecified atom stereocenters. The number of hydrogen-bond acceptors (Lipinski definition) is 3. The maximum Gasteiger partial charge on any atom is 0.264 e. The van der Waals surface area contributed by atoms with Gasteiger partial charge in [-0.05, 0) is 48.7 Å². The number of rotatable bonds is 2. The van der Waals surface area contributed by atoms with E-state index in [0.29, 0.717) is 11.3 Å². The molecule has 3 heterocycles. The van der Waals surface area contributed by atoms with Gasteiger partial charge in [-0.3, -0.25) is 4.79 Å². The summed E-state index contributed by atoms with van der Waals surface area (Å²) in [5.74, 6) is 0.682. The Balaban J connectivity index is 1.78. The summed E-state index contributed by atoms with van der Waals surface area (Å²) in [4.78, 5) is 15.9. The Hall–Kier alpha value is -0.870. The lowest BCUT2D eigenvalue weighted by atomic mass is 9.79. The van der Waals surface area contributed by atoms with E-state index in [1.54, 1.807) is 11.3 Å². The minimum absolute atomic E-state index is 0.259. The minimum Gasteiger partial charge on any atom is -0.337 e. The van der Waals surface area contributed by atoms with Crippen LogP contribution in [0.5, 0.6) is 0 Å². The van der Waals surface area contributed by atoms with E-state index in [4.69, 9.17) is 0 Å². The topological polar surface area (TPSA) is 32.3 Å². The molecule has 110 valence electrons. The molecule has 20 heavy (non-hydrogen) atoms. The lowest BCUT2D eigenvalue weighted by Crippen LogP contribution is -2.47. The van der Waals surface area contributed by atoms with Crippen LogP contribution in [0.1, 0.15) is 54.3 Å². The van der Waals surface area contributed by atoms with Crippen LogP contribution in [0.25, 0.3) is 0 Å². The Kier molecular flexibility index (Phi) is 3.87. The van der Waals surface area contributed by atoms with Gasteiger partial charge >= 0.3 is 0 Å². The number of likely N-dealkylation sites (tertiary alicyclic amines) is 1. The number of piperidine rings is 1. The molecule has 3 rings (SSSR count). The number of hydrogen-bond donors (Lipinski definition) is 1. The zero-order valence-corrected chi connectivity index (χ0v) is 13.3. The lowest BCUT2D eigenvalue weighted by molar-refractivity contribution is 0.0557. The average Bonchev–Trinajstić information content (AvgIpc) is 3.07. The highest BCUT2D eigenvalue weighted by atomic mass is 32.1. The molecule has 1 amide bonds. The van der Waals surface area contributed by atoms with Gasteiger partial charge in [0.15, 0.2) is 0 Å². The molecular weight excluding hydrogens is 268 g/mol. The van der Waals surface area contributed by atoms with Gasteiger partial charge in [0.05, 0.1) is 4.88 Å². The first-order valence-corrected chi connectivity index (χ1v) is 8.57. The van der Waals surface area contributed by atoms with E-state index in [2.05, 4.69) is 35.5 Å². The molecule has 2 aliphatic rings. The Morgan fingerprint density at radius 1 is 1.45 bits per heavy atom. The Morgan fingerprint density at radius 3 is 3.00 bits per heavy atom. The largest absolute Gasteiger partial charge is 0.337 e. The normalized spacial score (nSPS) is 26.6. The molecule has 1 atom stereocenters. The van der Waals surface area contributed by atoms with Crippen LogP contribution in [0, 0.1) is 5.41 Å². The van der Waals surface area contributed by atoms with Crippen molar-refractivity contribution in [3.05, 3.63) is 21.9 Å². The van der Waals surface area contributed by atoms with Crippen molar-refractivity contribution in [2.45, 2.75) is 39.0 Å². The quantitative estimate of drug-likeness (QED) is 0.908. The summed E-state index contributed by atoms with van der Waals surface area (Å²) in [6, 6.07) is 2.11. The zero-order valence-electron chi connectivity index (χ0n) is 12.4. The molecule has 4 heteroatoms. The Morgan fingerprint density at radius 2 is 2.30 bits per heavy atom. The first-order chi connectivity index (χ1) is 9.61. The van der Waals surface area contributed by atoms with Crippen molar-refractivity contribution in [1.82, 2.24) is 10.2 Å². The summed E-state index contributed by atoms with van der Waals surface area (Å²) in [5, 5.41) is 5.53. The van der Waals surface area contributed by atoms with Crippen molar-refractivity contribution >= 4 is 17.2 Å². The average molecular weight is 292 g/mol. The zero-order chi connectivity index (χ0) is 14.2. The number of carbonyl (C=O) groups is 1. The highest BCUT2D eigenvalue weighted by Crippen LogP contribution is 2.37. The van der Waals surface area contributed by atoms with E-state index >= 15 is 0 Å². The number of nitrogens with one attached hydrogen (secondary N) is 1. The molecule has 2 aliphatic heterocycles. The summed E-state index contributed by atoms with van der Waals surface area (Å²) in [5.41, 5.74) is 1.56. The van der Waals surface area contributed by atoms with Crippen molar-refractivity contribution in [3.63, 3.8) is 0 Å². The molecule has 0 saturated carbocycles. The molecule has 3 nitrogen and oxygen atoms in total. The predicted octanol–water partition coefficient (Wildman–Crippen LogP) is 3.09. The lowest BCUT2D eigenvalue weighted by Gasteiger charge is -2.40. The first-order valence-electron chi connectivity index (χ1n) is 7.69. The van der Waals surface area contributed by atoms with E-state index in [1.165, 1.54) is 18.4 Å². The molecule has 1 aromatic heterocycles. The van der Waals surface area contributed by atoms with E-state index in [1.807, 2.05) is 0 Å².